The van der Waals surface area contributed by atoms with Crippen molar-refractivity contribution in [3.8, 4) is 11.4 Å². The number of rotatable bonds is 2. The van der Waals surface area contributed by atoms with Gasteiger partial charge in [0.05, 0.1) is 5.52 Å². The molecule has 0 amide bonds. The van der Waals surface area contributed by atoms with Crippen LogP contribution in [0, 0.1) is 0 Å². The maximum Gasteiger partial charge on any atom is 0.162 e. The summed E-state index contributed by atoms with van der Waals surface area (Å²) in [7, 11) is 0. The molecule has 0 atom stereocenters. The van der Waals surface area contributed by atoms with Gasteiger partial charge in [-0.2, -0.15) is 0 Å². The van der Waals surface area contributed by atoms with Gasteiger partial charge in [0.2, 0.25) is 0 Å². The highest BCUT2D eigenvalue weighted by atomic mass is 79.9. The van der Waals surface area contributed by atoms with E-state index < -0.39 is 0 Å². The molecule has 0 aliphatic carbocycles. The van der Waals surface area contributed by atoms with Crippen LogP contribution in [0.1, 0.15) is 0 Å². The van der Waals surface area contributed by atoms with E-state index in [1.165, 1.54) is 0 Å². The van der Waals surface area contributed by atoms with Crippen LogP contribution >= 0.6 is 39.3 Å². The van der Waals surface area contributed by atoms with E-state index in [4.69, 9.17) is 11.6 Å². The van der Waals surface area contributed by atoms with E-state index >= 15 is 0 Å². The minimum absolute atomic E-state index is 0.480. The van der Waals surface area contributed by atoms with Crippen molar-refractivity contribution in [3.05, 3.63) is 52.1 Å². The maximum atomic E-state index is 6.29. The van der Waals surface area contributed by atoms with Crippen molar-refractivity contribution in [3.63, 3.8) is 0 Å². The first-order valence-electron chi connectivity index (χ1n) is 5.95. The van der Waals surface area contributed by atoms with Crippen molar-refractivity contribution in [2.75, 3.05) is 6.26 Å². The molecule has 0 aliphatic heterocycles. The van der Waals surface area contributed by atoms with Gasteiger partial charge >= 0.3 is 0 Å². The first-order chi connectivity index (χ1) is 9.69. The Kier molecular flexibility index (Phi) is 3.96. The number of aromatic nitrogens is 2. The van der Waals surface area contributed by atoms with Crippen LogP contribution in [0.5, 0.6) is 0 Å². The molecule has 2 aromatic carbocycles. The van der Waals surface area contributed by atoms with Gasteiger partial charge in [-0.05, 0) is 30.5 Å². The Morgan fingerprint density at radius 1 is 1.10 bits per heavy atom. The van der Waals surface area contributed by atoms with Gasteiger partial charge in [0.25, 0.3) is 0 Å². The molecule has 0 unspecified atom stereocenters. The van der Waals surface area contributed by atoms with E-state index in [9.17, 15) is 0 Å². The minimum Gasteiger partial charge on any atom is -0.228 e. The minimum atomic E-state index is 0.480. The van der Waals surface area contributed by atoms with Gasteiger partial charge in [-0.1, -0.05) is 45.7 Å². The molecular formula is C15H10BrClN2S. The van der Waals surface area contributed by atoms with Crippen molar-refractivity contribution in [1.29, 1.82) is 0 Å². The lowest BCUT2D eigenvalue weighted by atomic mass is 10.2. The van der Waals surface area contributed by atoms with Crippen LogP contribution in [0.2, 0.25) is 5.15 Å². The fourth-order valence-electron chi connectivity index (χ4n) is 2.01. The third kappa shape index (κ3) is 2.55. The molecular weight excluding hydrogens is 356 g/mol. The molecule has 0 N–H and O–H groups in total. The molecule has 0 aliphatic rings. The summed E-state index contributed by atoms with van der Waals surface area (Å²) in [5.41, 5.74) is 1.84. The molecule has 3 aromatic rings. The molecule has 0 bridgehead atoms. The molecule has 100 valence electrons. The van der Waals surface area contributed by atoms with Crippen LogP contribution in [0.25, 0.3) is 22.3 Å². The van der Waals surface area contributed by atoms with Crippen molar-refractivity contribution in [2.24, 2.45) is 0 Å². The smallest absolute Gasteiger partial charge is 0.162 e. The lowest BCUT2D eigenvalue weighted by Gasteiger charge is -2.08. The van der Waals surface area contributed by atoms with E-state index in [1.807, 2.05) is 42.7 Å². The average Bonchev–Trinajstić information content (AvgIpc) is 2.46. The number of nitrogens with zero attached hydrogens (tertiary/aromatic N) is 2. The predicted molar refractivity (Wildman–Crippen MR) is 89.5 cm³/mol. The fourth-order valence-corrected chi connectivity index (χ4v) is 3.20. The van der Waals surface area contributed by atoms with E-state index in [0.717, 1.165) is 25.8 Å². The molecule has 0 saturated carbocycles. The van der Waals surface area contributed by atoms with Gasteiger partial charge in [0, 0.05) is 20.3 Å². The summed E-state index contributed by atoms with van der Waals surface area (Å²) in [6, 6.07) is 13.9. The van der Waals surface area contributed by atoms with E-state index in [0.29, 0.717) is 11.0 Å². The Morgan fingerprint density at radius 2 is 1.90 bits per heavy atom. The van der Waals surface area contributed by atoms with Crippen LogP contribution in [0.3, 0.4) is 0 Å². The number of benzene rings is 2. The highest BCUT2D eigenvalue weighted by molar-refractivity contribution is 9.10. The molecule has 1 aromatic heterocycles. The zero-order valence-electron chi connectivity index (χ0n) is 10.6. The molecule has 1 heterocycles. The SMILES string of the molecule is CSc1ccccc1-c1nc(Cl)c2ccc(Br)cc2n1. The zero-order chi connectivity index (χ0) is 14.1. The molecule has 0 fully saturated rings. The van der Waals surface area contributed by atoms with Crippen molar-refractivity contribution < 1.29 is 0 Å². The lowest BCUT2D eigenvalue weighted by molar-refractivity contribution is 1.20. The maximum absolute atomic E-state index is 6.29. The fraction of sp³-hybridized carbons (Fsp3) is 0.0667. The van der Waals surface area contributed by atoms with Gasteiger partial charge in [-0.3, -0.25) is 0 Å². The standard InChI is InChI=1S/C15H10BrClN2S/c1-20-13-5-3-2-4-11(13)15-18-12-8-9(16)6-7-10(12)14(17)19-15/h2-8H,1H3. The van der Waals surface area contributed by atoms with E-state index in [-0.39, 0.29) is 0 Å². The summed E-state index contributed by atoms with van der Waals surface area (Å²) in [4.78, 5) is 10.2. The van der Waals surface area contributed by atoms with Crippen LogP contribution in [-0.4, -0.2) is 16.2 Å². The van der Waals surface area contributed by atoms with E-state index in [1.54, 1.807) is 11.8 Å². The molecule has 0 radical (unpaired) electrons. The summed E-state index contributed by atoms with van der Waals surface area (Å²) >= 11 is 11.4. The molecule has 0 saturated heterocycles. The monoisotopic (exact) mass is 364 g/mol. The van der Waals surface area contributed by atoms with Crippen molar-refractivity contribution in [1.82, 2.24) is 9.97 Å². The third-order valence-corrected chi connectivity index (χ3v) is 4.54. The van der Waals surface area contributed by atoms with Crippen molar-refractivity contribution in [2.45, 2.75) is 4.90 Å². The summed E-state index contributed by atoms with van der Waals surface area (Å²) in [6.07, 6.45) is 2.04. The number of thioether (sulfide) groups is 1. The summed E-state index contributed by atoms with van der Waals surface area (Å²) in [5.74, 6) is 0.658. The number of fused-ring (bicyclic) bond motifs is 1. The molecule has 20 heavy (non-hydrogen) atoms. The second kappa shape index (κ2) is 5.72. The van der Waals surface area contributed by atoms with E-state index in [2.05, 4.69) is 32.0 Å². The van der Waals surface area contributed by atoms with Crippen LogP contribution in [0.15, 0.2) is 51.8 Å². The van der Waals surface area contributed by atoms with Crippen LogP contribution in [-0.2, 0) is 0 Å². The Hall–Kier alpha value is -1.10. The summed E-state index contributed by atoms with van der Waals surface area (Å²) in [6.45, 7) is 0. The average molecular weight is 366 g/mol. The van der Waals surface area contributed by atoms with Crippen LogP contribution in [0.4, 0.5) is 0 Å². The molecule has 5 heteroatoms. The lowest BCUT2D eigenvalue weighted by Crippen LogP contribution is -1.93. The largest absolute Gasteiger partial charge is 0.228 e. The van der Waals surface area contributed by atoms with Crippen LogP contribution < -0.4 is 0 Å². The summed E-state index contributed by atoms with van der Waals surface area (Å²) in [5, 5.41) is 1.34. The Bertz CT molecular complexity index is 792. The quantitative estimate of drug-likeness (QED) is 0.447. The number of halogens is 2. The van der Waals surface area contributed by atoms with Gasteiger partial charge in [-0.15, -0.1) is 11.8 Å². The van der Waals surface area contributed by atoms with Gasteiger partial charge < -0.3 is 0 Å². The third-order valence-electron chi connectivity index (χ3n) is 2.96. The Morgan fingerprint density at radius 3 is 2.70 bits per heavy atom. The highest BCUT2D eigenvalue weighted by Gasteiger charge is 2.11. The molecule has 2 nitrogen and oxygen atoms in total. The number of hydrogen-bond donors (Lipinski definition) is 0. The van der Waals surface area contributed by atoms with Gasteiger partial charge in [0.1, 0.15) is 5.15 Å². The van der Waals surface area contributed by atoms with Gasteiger partial charge in [-0.25, -0.2) is 9.97 Å². The second-order valence-electron chi connectivity index (χ2n) is 4.20. The second-order valence-corrected chi connectivity index (χ2v) is 6.32. The first kappa shape index (κ1) is 13.9. The highest BCUT2D eigenvalue weighted by Crippen LogP contribution is 2.31. The predicted octanol–water partition coefficient (Wildman–Crippen LogP) is 5.43. The topological polar surface area (TPSA) is 25.8 Å². The molecule has 3 rings (SSSR count). The normalized spacial score (nSPS) is 10.9. The van der Waals surface area contributed by atoms with Gasteiger partial charge in [0.15, 0.2) is 5.82 Å². The van der Waals surface area contributed by atoms with Crippen molar-refractivity contribution >= 4 is 50.2 Å². The Labute approximate surface area is 134 Å². The Balaban J connectivity index is 2.26. The first-order valence-corrected chi connectivity index (χ1v) is 8.35. The number of hydrogen-bond acceptors (Lipinski definition) is 3. The molecule has 0 spiro atoms. The summed E-state index contributed by atoms with van der Waals surface area (Å²) < 4.78 is 0.976. The zero-order valence-corrected chi connectivity index (χ0v) is 13.8.